The van der Waals surface area contributed by atoms with Crippen molar-refractivity contribution in [2.75, 3.05) is 10.8 Å². The van der Waals surface area contributed by atoms with Crippen LogP contribution in [-0.2, 0) is 10.0 Å². The number of thioether (sulfide) groups is 1. The molecular weight excluding hydrogens is 454 g/mol. The quantitative estimate of drug-likeness (QED) is 0.353. The molecule has 6 heteroatoms. The van der Waals surface area contributed by atoms with Crippen molar-refractivity contribution >= 4 is 43.4 Å². The number of anilines is 1. The third-order valence-electron chi connectivity index (χ3n) is 3.93. The minimum absolute atomic E-state index is 0.0671. The van der Waals surface area contributed by atoms with Gasteiger partial charge < -0.3 is 0 Å². The normalized spacial score (nSPS) is 10.8. The highest BCUT2D eigenvalue weighted by Gasteiger charge is 2.24. The Balaban J connectivity index is 1.89. The van der Waals surface area contributed by atoms with Gasteiger partial charge in [0.25, 0.3) is 10.0 Å². The van der Waals surface area contributed by atoms with Crippen LogP contribution in [0.15, 0.2) is 93.1 Å². The van der Waals surface area contributed by atoms with Gasteiger partial charge in [-0.3, -0.25) is 4.31 Å². The van der Waals surface area contributed by atoms with Gasteiger partial charge in [-0.15, -0.1) is 0 Å². The van der Waals surface area contributed by atoms with Crippen molar-refractivity contribution in [3.05, 3.63) is 88.9 Å². The lowest BCUT2D eigenvalue weighted by Gasteiger charge is -2.22. The molecule has 3 aromatic rings. The number of nitrogens with zero attached hydrogens (tertiary/aromatic N) is 1. The molecule has 0 spiro atoms. The molecule has 0 saturated carbocycles. The summed E-state index contributed by atoms with van der Waals surface area (Å²) in [5.41, 5.74) is 1.58. The predicted molar refractivity (Wildman–Crippen MR) is 120 cm³/mol. The number of benzene rings is 3. The third-order valence-corrected chi connectivity index (χ3v) is 7.00. The summed E-state index contributed by atoms with van der Waals surface area (Å²) in [6.07, 6.45) is 0. The van der Waals surface area contributed by atoms with E-state index in [0.29, 0.717) is 5.69 Å². The van der Waals surface area contributed by atoms with E-state index in [1.807, 2.05) is 49.4 Å². The van der Waals surface area contributed by atoms with Gasteiger partial charge in [0.2, 0.25) is 0 Å². The first kappa shape index (κ1) is 20.5. The van der Waals surface area contributed by atoms with E-state index in [1.165, 1.54) is 16.1 Å². The zero-order valence-corrected chi connectivity index (χ0v) is 18.4. The van der Waals surface area contributed by atoms with Crippen LogP contribution in [-0.4, -0.2) is 15.0 Å². The van der Waals surface area contributed by atoms with Crippen LogP contribution in [0.2, 0.25) is 0 Å². The van der Waals surface area contributed by atoms with Crippen molar-refractivity contribution in [3.63, 3.8) is 0 Å². The van der Waals surface area contributed by atoms with Gasteiger partial charge in [-0.1, -0.05) is 57.7 Å². The summed E-state index contributed by atoms with van der Waals surface area (Å²) in [5.74, 6) is 2.98. The van der Waals surface area contributed by atoms with Crippen molar-refractivity contribution in [2.24, 2.45) is 0 Å². The Kier molecular flexibility index (Phi) is 6.84. The fraction of sp³-hybridized carbons (Fsp3) is 0.0909. The van der Waals surface area contributed by atoms with E-state index in [-0.39, 0.29) is 11.4 Å². The second-order valence-corrected chi connectivity index (χ2v) is 9.65. The lowest BCUT2D eigenvalue weighted by molar-refractivity contribution is 0.593. The number of hydrogen-bond donors (Lipinski definition) is 0. The SMILES string of the molecule is Cc1ccc(S(=O)(=O)N(CC#CSc2ccccc2)c2ccc(Br)cc2)cc1. The van der Waals surface area contributed by atoms with Crippen LogP contribution in [0.1, 0.15) is 5.56 Å². The maximum Gasteiger partial charge on any atom is 0.265 e. The average molecular weight is 472 g/mol. The molecule has 0 N–H and O–H groups in total. The molecule has 0 aliphatic carbocycles. The predicted octanol–water partition coefficient (Wildman–Crippen LogP) is 5.71. The fourth-order valence-corrected chi connectivity index (χ4v) is 4.63. The van der Waals surface area contributed by atoms with Gasteiger partial charge in [0.1, 0.15) is 0 Å². The van der Waals surface area contributed by atoms with E-state index in [4.69, 9.17) is 0 Å². The van der Waals surface area contributed by atoms with Gasteiger partial charge in [0, 0.05) is 9.37 Å². The summed E-state index contributed by atoms with van der Waals surface area (Å²) < 4.78 is 28.7. The molecule has 0 aliphatic heterocycles. The molecule has 0 fully saturated rings. The van der Waals surface area contributed by atoms with Gasteiger partial charge in [-0.25, -0.2) is 8.42 Å². The smallest absolute Gasteiger partial charge is 0.254 e. The van der Waals surface area contributed by atoms with Crippen molar-refractivity contribution in [3.8, 4) is 11.2 Å². The Hall–Kier alpha value is -2.20. The lowest BCUT2D eigenvalue weighted by atomic mass is 10.2. The van der Waals surface area contributed by atoms with Crippen LogP contribution in [0.4, 0.5) is 5.69 Å². The Morgan fingerprint density at radius 2 is 1.57 bits per heavy atom. The number of hydrogen-bond acceptors (Lipinski definition) is 3. The fourth-order valence-electron chi connectivity index (χ4n) is 2.45. The van der Waals surface area contributed by atoms with Crippen LogP contribution < -0.4 is 4.31 Å². The molecule has 28 heavy (non-hydrogen) atoms. The van der Waals surface area contributed by atoms with E-state index in [1.54, 1.807) is 36.4 Å². The van der Waals surface area contributed by atoms with Crippen LogP contribution in [0.3, 0.4) is 0 Å². The largest absolute Gasteiger partial charge is 0.265 e. The topological polar surface area (TPSA) is 37.4 Å². The van der Waals surface area contributed by atoms with Crippen molar-refractivity contribution in [1.82, 2.24) is 0 Å². The molecule has 0 saturated heterocycles. The molecule has 142 valence electrons. The maximum absolute atomic E-state index is 13.2. The standard InChI is InChI=1S/C22H18BrNO2S2/c1-18-8-14-22(15-9-18)28(25,26)24(20-12-10-19(23)11-13-20)16-5-17-27-21-6-3-2-4-7-21/h2-4,6-15H,16H2,1H3. The van der Waals surface area contributed by atoms with Crippen LogP contribution >= 0.6 is 27.7 Å². The van der Waals surface area contributed by atoms with Crippen LogP contribution in [0.5, 0.6) is 0 Å². The lowest BCUT2D eigenvalue weighted by Crippen LogP contribution is -2.31. The Morgan fingerprint density at radius 1 is 0.929 bits per heavy atom. The van der Waals surface area contributed by atoms with Gasteiger partial charge in [0.05, 0.1) is 17.1 Å². The highest BCUT2D eigenvalue weighted by molar-refractivity contribution is 9.10. The first-order chi connectivity index (χ1) is 13.5. The second kappa shape index (κ2) is 9.33. The van der Waals surface area contributed by atoms with E-state index in [0.717, 1.165) is 14.9 Å². The van der Waals surface area contributed by atoms with Gasteiger partial charge >= 0.3 is 0 Å². The van der Waals surface area contributed by atoms with Gasteiger partial charge in [-0.05, 0) is 72.5 Å². The Bertz CT molecular complexity index is 1090. The monoisotopic (exact) mass is 471 g/mol. The van der Waals surface area contributed by atoms with E-state index in [2.05, 4.69) is 27.1 Å². The first-order valence-corrected chi connectivity index (χ1v) is 11.6. The molecule has 0 atom stereocenters. The summed E-state index contributed by atoms with van der Waals surface area (Å²) in [7, 11) is -3.72. The Labute approximate surface area is 179 Å². The summed E-state index contributed by atoms with van der Waals surface area (Å²) in [6.45, 7) is 1.99. The van der Waals surface area contributed by atoms with Crippen LogP contribution in [0, 0.1) is 18.1 Å². The Morgan fingerprint density at radius 3 is 2.21 bits per heavy atom. The van der Waals surface area contributed by atoms with E-state index < -0.39 is 10.0 Å². The number of aryl methyl sites for hydroxylation is 1. The molecule has 0 unspecified atom stereocenters. The van der Waals surface area contributed by atoms with E-state index >= 15 is 0 Å². The van der Waals surface area contributed by atoms with Crippen molar-refractivity contribution < 1.29 is 8.42 Å². The zero-order chi connectivity index (χ0) is 20.0. The molecule has 3 aromatic carbocycles. The summed E-state index contributed by atoms with van der Waals surface area (Å²) in [6, 6.07) is 23.8. The molecule has 0 heterocycles. The molecule has 0 bridgehead atoms. The highest BCUT2D eigenvalue weighted by Crippen LogP contribution is 2.25. The molecule has 3 nitrogen and oxygen atoms in total. The van der Waals surface area contributed by atoms with E-state index in [9.17, 15) is 8.42 Å². The minimum Gasteiger partial charge on any atom is -0.254 e. The minimum atomic E-state index is -3.72. The maximum atomic E-state index is 13.2. The number of halogens is 1. The van der Waals surface area contributed by atoms with Crippen LogP contribution in [0.25, 0.3) is 0 Å². The molecule has 0 aromatic heterocycles. The number of rotatable bonds is 5. The molecule has 0 aliphatic rings. The highest BCUT2D eigenvalue weighted by atomic mass is 79.9. The molecule has 0 amide bonds. The van der Waals surface area contributed by atoms with Gasteiger partial charge in [-0.2, -0.15) is 0 Å². The average Bonchev–Trinajstić information content (AvgIpc) is 2.70. The van der Waals surface area contributed by atoms with Gasteiger partial charge in [0.15, 0.2) is 0 Å². The first-order valence-electron chi connectivity index (χ1n) is 8.51. The molecular formula is C22H18BrNO2S2. The second-order valence-electron chi connectivity index (χ2n) is 6.00. The summed E-state index contributed by atoms with van der Waals surface area (Å²) in [5, 5.41) is 3.00. The third kappa shape index (κ3) is 5.20. The molecule has 3 rings (SSSR count). The molecule has 0 radical (unpaired) electrons. The number of sulfonamides is 1. The summed E-state index contributed by atoms with van der Waals surface area (Å²) >= 11 is 4.77. The van der Waals surface area contributed by atoms with Crippen molar-refractivity contribution in [1.29, 1.82) is 0 Å². The summed E-state index contributed by atoms with van der Waals surface area (Å²) in [4.78, 5) is 1.27. The van der Waals surface area contributed by atoms with Crippen molar-refractivity contribution in [2.45, 2.75) is 16.7 Å². The zero-order valence-electron chi connectivity index (χ0n) is 15.2.